The SMILES string of the molecule is CC(=O)N(CCCN1CCOCC1)C1CCCN(S(=O)(=O)c2cn(C)cn2)C1. The molecule has 3 heterocycles. The van der Waals surface area contributed by atoms with Gasteiger partial charge in [-0.3, -0.25) is 9.69 Å². The first-order valence-corrected chi connectivity index (χ1v) is 11.4. The Morgan fingerprint density at radius 1 is 1.32 bits per heavy atom. The molecule has 0 radical (unpaired) electrons. The molecule has 1 aromatic rings. The van der Waals surface area contributed by atoms with Gasteiger partial charge in [0.2, 0.25) is 5.91 Å². The van der Waals surface area contributed by atoms with Crippen molar-refractivity contribution in [2.45, 2.75) is 37.3 Å². The van der Waals surface area contributed by atoms with E-state index in [0.29, 0.717) is 19.6 Å². The Morgan fingerprint density at radius 2 is 2.07 bits per heavy atom. The smallest absolute Gasteiger partial charge is 0.262 e. The van der Waals surface area contributed by atoms with Gasteiger partial charge in [-0.15, -0.1) is 0 Å². The quantitative estimate of drug-likeness (QED) is 0.632. The number of piperidine rings is 1. The molecule has 2 aliphatic rings. The van der Waals surface area contributed by atoms with Crippen molar-refractivity contribution >= 4 is 15.9 Å². The lowest BCUT2D eigenvalue weighted by atomic mass is 10.1. The Labute approximate surface area is 167 Å². The maximum Gasteiger partial charge on any atom is 0.262 e. The van der Waals surface area contributed by atoms with Crippen LogP contribution in [0.4, 0.5) is 0 Å². The molecule has 1 amide bonds. The number of ether oxygens (including phenoxy) is 1. The van der Waals surface area contributed by atoms with Crippen molar-refractivity contribution in [2.24, 2.45) is 7.05 Å². The molecule has 1 unspecified atom stereocenters. The van der Waals surface area contributed by atoms with E-state index in [-0.39, 0.29) is 17.0 Å². The first-order chi connectivity index (χ1) is 13.4. The second kappa shape index (κ2) is 9.34. The van der Waals surface area contributed by atoms with Crippen molar-refractivity contribution in [1.29, 1.82) is 0 Å². The minimum absolute atomic E-state index is 0.00376. The van der Waals surface area contributed by atoms with Crippen molar-refractivity contribution in [3.05, 3.63) is 12.5 Å². The van der Waals surface area contributed by atoms with Gasteiger partial charge in [-0.2, -0.15) is 4.31 Å². The largest absolute Gasteiger partial charge is 0.379 e. The summed E-state index contributed by atoms with van der Waals surface area (Å²) in [7, 11) is -1.88. The van der Waals surface area contributed by atoms with E-state index in [1.165, 1.54) is 16.8 Å². The fraction of sp³-hybridized carbons (Fsp3) is 0.778. The third-order valence-corrected chi connectivity index (χ3v) is 7.22. The van der Waals surface area contributed by atoms with Crippen LogP contribution in [0.2, 0.25) is 0 Å². The molecule has 0 aromatic carbocycles. The number of aromatic nitrogens is 2. The van der Waals surface area contributed by atoms with Gasteiger partial charge in [-0.1, -0.05) is 0 Å². The summed E-state index contributed by atoms with van der Waals surface area (Å²) < 4.78 is 34.2. The van der Waals surface area contributed by atoms with E-state index in [9.17, 15) is 13.2 Å². The minimum atomic E-state index is -3.63. The third kappa shape index (κ3) is 5.11. The summed E-state index contributed by atoms with van der Waals surface area (Å²) in [5, 5.41) is 0.0670. The van der Waals surface area contributed by atoms with E-state index >= 15 is 0 Å². The third-order valence-electron chi connectivity index (χ3n) is 5.47. The molecule has 2 fully saturated rings. The van der Waals surface area contributed by atoms with Gasteiger partial charge in [0.25, 0.3) is 10.0 Å². The standard InChI is InChI=1S/C18H31N5O4S/c1-16(24)23(8-4-6-21-9-11-27-12-10-21)17-5-3-7-22(13-17)28(25,26)18-14-20(2)15-19-18/h14-15,17H,3-13H2,1-2H3. The molecule has 1 atom stereocenters. The molecule has 3 rings (SSSR count). The number of nitrogens with zero attached hydrogens (tertiary/aromatic N) is 5. The fourth-order valence-corrected chi connectivity index (χ4v) is 5.42. The number of imidazole rings is 1. The molecular weight excluding hydrogens is 382 g/mol. The van der Waals surface area contributed by atoms with Gasteiger partial charge in [0, 0.05) is 65.5 Å². The second-order valence-corrected chi connectivity index (χ2v) is 9.44. The number of amides is 1. The number of hydrogen-bond donors (Lipinski definition) is 0. The zero-order valence-corrected chi connectivity index (χ0v) is 17.6. The van der Waals surface area contributed by atoms with E-state index in [0.717, 1.165) is 52.1 Å². The van der Waals surface area contributed by atoms with Crippen LogP contribution in [0.5, 0.6) is 0 Å². The summed E-state index contributed by atoms with van der Waals surface area (Å²) in [4.78, 5) is 20.5. The minimum Gasteiger partial charge on any atom is -0.379 e. The maximum atomic E-state index is 12.9. The summed E-state index contributed by atoms with van der Waals surface area (Å²) in [5.41, 5.74) is 0. The number of sulfonamides is 1. The van der Waals surface area contributed by atoms with Crippen LogP contribution in [-0.4, -0.2) is 96.5 Å². The van der Waals surface area contributed by atoms with Gasteiger partial charge in [-0.25, -0.2) is 13.4 Å². The van der Waals surface area contributed by atoms with Gasteiger partial charge >= 0.3 is 0 Å². The Kier molecular flexibility index (Phi) is 7.08. The molecule has 2 saturated heterocycles. The molecule has 0 aliphatic carbocycles. The monoisotopic (exact) mass is 413 g/mol. The Balaban J connectivity index is 1.60. The lowest BCUT2D eigenvalue weighted by molar-refractivity contribution is -0.132. The summed E-state index contributed by atoms with van der Waals surface area (Å²) in [6, 6.07) is -0.0885. The van der Waals surface area contributed by atoms with Crippen LogP contribution in [0, 0.1) is 0 Å². The second-order valence-electron chi connectivity index (χ2n) is 7.56. The van der Waals surface area contributed by atoms with E-state index < -0.39 is 10.0 Å². The molecule has 10 heteroatoms. The van der Waals surface area contributed by atoms with E-state index in [1.807, 2.05) is 4.90 Å². The van der Waals surface area contributed by atoms with Crippen LogP contribution in [0.15, 0.2) is 17.6 Å². The van der Waals surface area contributed by atoms with Crippen molar-refractivity contribution in [3.63, 3.8) is 0 Å². The number of carbonyl (C=O) groups is 1. The van der Waals surface area contributed by atoms with E-state index in [4.69, 9.17) is 4.74 Å². The van der Waals surface area contributed by atoms with Crippen LogP contribution in [-0.2, 0) is 26.6 Å². The molecule has 2 aliphatic heterocycles. The molecular formula is C18H31N5O4S. The highest BCUT2D eigenvalue weighted by molar-refractivity contribution is 7.89. The number of carbonyl (C=O) groups excluding carboxylic acids is 1. The van der Waals surface area contributed by atoms with Crippen LogP contribution >= 0.6 is 0 Å². The van der Waals surface area contributed by atoms with Gasteiger partial charge in [0.05, 0.1) is 19.5 Å². The summed E-state index contributed by atoms with van der Waals surface area (Å²) in [6.45, 7) is 7.33. The van der Waals surface area contributed by atoms with E-state index in [1.54, 1.807) is 18.5 Å². The first kappa shape index (κ1) is 21.2. The highest BCUT2D eigenvalue weighted by Gasteiger charge is 2.34. The molecule has 28 heavy (non-hydrogen) atoms. The predicted octanol–water partition coefficient (Wildman–Crippen LogP) is 0.144. The number of hydrogen-bond acceptors (Lipinski definition) is 6. The highest BCUT2D eigenvalue weighted by Crippen LogP contribution is 2.22. The Hall–Kier alpha value is -1.49. The number of aryl methyl sites for hydroxylation is 1. The van der Waals surface area contributed by atoms with Crippen LogP contribution < -0.4 is 0 Å². The average molecular weight is 414 g/mol. The van der Waals surface area contributed by atoms with Crippen LogP contribution in [0.3, 0.4) is 0 Å². The van der Waals surface area contributed by atoms with Gasteiger partial charge in [0.1, 0.15) is 0 Å². The van der Waals surface area contributed by atoms with Gasteiger partial charge in [-0.05, 0) is 19.3 Å². The summed E-state index contributed by atoms with van der Waals surface area (Å²) in [5.74, 6) is 0.00376. The molecule has 158 valence electrons. The van der Waals surface area contributed by atoms with Crippen LogP contribution in [0.1, 0.15) is 26.2 Å². The normalized spacial score (nSPS) is 22.3. The summed E-state index contributed by atoms with van der Waals surface area (Å²) in [6.07, 6.45) is 5.45. The van der Waals surface area contributed by atoms with Crippen molar-refractivity contribution in [1.82, 2.24) is 23.7 Å². The summed E-state index contributed by atoms with van der Waals surface area (Å²) >= 11 is 0. The number of rotatable bonds is 7. The predicted molar refractivity (Wildman–Crippen MR) is 104 cm³/mol. The number of morpholine rings is 1. The molecule has 0 N–H and O–H groups in total. The molecule has 0 spiro atoms. The Morgan fingerprint density at radius 3 is 2.71 bits per heavy atom. The average Bonchev–Trinajstić information content (AvgIpc) is 3.13. The van der Waals surface area contributed by atoms with Crippen molar-refractivity contribution in [2.75, 3.05) is 52.5 Å². The van der Waals surface area contributed by atoms with Crippen molar-refractivity contribution < 1.29 is 17.9 Å². The zero-order chi connectivity index (χ0) is 20.1. The highest BCUT2D eigenvalue weighted by atomic mass is 32.2. The van der Waals surface area contributed by atoms with E-state index in [2.05, 4.69) is 9.88 Å². The first-order valence-electron chi connectivity index (χ1n) is 9.93. The lowest BCUT2D eigenvalue weighted by Crippen LogP contribution is -2.51. The molecule has 1 aromatic heterocycles. The topological polar surface area (TPSA) is 88.0 Å². The lowest BCUT2D eigenvalue weighted by Gasteiger charge is -2.38. The van der Waals surface area contributed by atoms with Gasteiger partial charge in [0.15, 0.2) is 5.03 Å². The Bertz CT molecular complexity index is 760. The zero-order valence-electron chi connectivity index (χ0n) is 16.8. The maximum absolute atomic E-state index is 12.9. The molecule has 0 saturated carbocycles. The van der Waals surface area contributed by atoms with Gasteiger partial charge < -0.3 is 14.2 Å². The fourth-order valence-electron chi connectivity index (χ4n) is 3.93. The molecule has 0 bridgehead atoms. The van der Waals surface area contributed by atoms with Crippen molar-refractivity contribution in [3.8, 4) is 0 Å². The molecule has 9 nitrogen and oxygen atoms in total. The van der Waals surface area contributed by atoms with Crippen LogP contribution in [0.25, 0.3) is 0 Å².